The van der Waals surface area contributed by atoms with Crippen molar-refractivity contribution in [3.63, 3.8) is 0 Å². The van der Waals surface area contributed by atoms with Crippen molar-refractivity contribution in [1.82, 2.24) is 0 Å². The lowest BCUT2D eigenvalue weighted by Crippen LogP contribution is -2.30. The molecule has 0 N–H and O–H groups in total. The molecule has 0 aromatic rings. The Kier molecular flexibility index (Phi) is 43.6. The van der Waals surface area contributed by atoms with E-state index in [1.54, 1.807) is 0 Å². The maximum absolute atomic E-state index is 12.7. The predicted molar refractivity (Wildman–Crippen MR) is 247 cm³/mol. The van der Waals surface area contributed by atoms with E-state index in [0.29, 0.717) is 19.3 Å². The van der Waals surface area contributed by atoms with Crippen LogP contribution in [0.4, 0.5) is 0 Å². The topological polar surface area (TPSA) is 78.9 Å². The molecule has 58 heavy (non-hydrogen) atoms. The molecule has 0 heterocycles. The van der Waals surface area contributed by atoms with Gasteiger partial charge in [-0.25, -0.2) is 0 Å². The lowest BCUT2D eigenvalue weighted by Gasteiger charge is -2.18. The van der Waals surface area contributed by atoms with Gasteiger partial charge in [-0.15, -0.1) is 0 Å². The summed E-state index contributed by atoms with van der Waals surface area (Å²) in [6.07, 6.45) is 58.6. The summed E-state index contributed by atoms with van der Waals surface area (Å²) in [5, 5.41) is 0. The third-order valence-corrected chi connectivity index (χ3v) is 9.65. The van der Waals surface area contributed by atoms with E-state index in [9.17, 15) is 14.4 Å². The van der Waals surface area contributed by atoms with Gasteiger partial charge in [0.1, 0.15) is 13.2 Å². The molecule has 0 aliphatic heterocycles. The number of hydrogen-bond donors (Lipinski definition) is 0. The molecule has 0 radical (unpaired) electrons. The summed E-state index contributed by atoms with van der Waals surface area (Å²) >= 11 is 0. The van der Waals surface area contributed by atoms with Crippen molar-refractivity contribution < 1.29 is 28.6 Å². The van der Waals surface area contributed by atoms with Crippen LogP contribution in [0.5, 0.6) is 0 Å². The maximum Gasteiger partial charge on any atom is 0.306 e. The molecule has 0 fully saturated rings. The largest absolute Gasteiger partial charge is 0.462 e. The second-order valence-corrected chi connectivity index (χ2v) is 15.3. The number of allylic oxidation sites excluding steroid dienone is 14. The normalized spacial score (nSPS) is 12.8. The van der Waals surface area contributed by atoms with E-state index in [0.717, 1.165) is 109 Å². The van der Waals surface area contributed by atoms with E-state index in [1.807, 2.05) is 0 Å². The Balaban J connectivity index is 4.41. The monoisotopic (exact) mass is 807 g/mol. The molecule has 0 spiro atoms. The van der Waals surface area contributed by atoms with E-state index in [1.165, 1.54) is 57.8 Å². The van der Waals surface area contributed by atoms with Crippen molar-refractivity contribution in [2.24, 2.45) is 0 Å². The van der Waals surface area contributed by atoms with Gasteiger partial charge in [0.25, 0.3) is 0 Å². The van der Waals surface area contributed by atoms with Gasteiger partial charge in [-0.1, -0.05) is 183 Å². The van der Waals surface area contributed by atoms with Crippen LogP contribution in [-0.2, 0) is 28.6 Å². The first kappa shape index (κ1) is 54.6. The summed E-state index contributed by atoms with van der Waals surface area (Å²) in [7, 11) is 0. The quantitative estimate of drug-likeness (QED) is 0.0265. The first-order valence-corrected chi connectivity index (χ1v) is 23.6. The molecule has 0 saturated heterocycles. The average molecular weight is 807 g/mol. The Morgan fingerprint density at radius 3 is 1.09 bits per heavy atom. The van der Waals surface area contributed by atoms with E-state index in [4.69, 9.17) is 14.2 Å². The van der Waals surface area contributed by atoms with Crippen molar-refractivity contribution in [2.75, 3.05) is 13.2 Å². The minimum absolute atomic E-state index is 0.104. The van der Waals surface area contributed by atoms with Crippen molar-refractivity contribution >= 4 is 17.9 Å². The molecule has 6 nitrogen and oxygen atoms in total. The van der Waals surface area contributed by atoms with Crippen molar-refractivity contribution in [3.8, 4) is 0 Å². The van der Waals surface area contributed by atoms with Crippen LogP contribution in [0, 0.1) is 0 Å². The lowest BCUT2D eigenvalue weighted by molar-refractivity contribution is -0.167. The highest BCUT2D eigenvalue weighted by Gasteiger charge is 2.19. The van der Waals surface area contributed by atoms with Gasteiger partial charge in [0, 0.05) is 19.3 Å². The van der Waals surface area contributed by atoms with Crippen LogP contribution in [0.1, 0.15) is 207 Å². The molecule has 0 aromatic carbocycles. The number of carbonyl (C=O) groups excluding carboxylic acids is 3. The SMILES string of the molecule is CC/C=C\C/C=C\C/C=C\C/C=C\C/C=C\CCCCCC(=O)OCC(COC(=O)CCCC/C=C\C/C=C\CC)OC(=O)CCCCCCCCCCCCCC. The summed E-state index contributed by atoms with van der Waals surface area (Å²) in [4.78, 5) is 37.7. The number of hydrogen-bond acceptors (Lipinski definition) is 6. The number of ether oxygens (including phenoxy) is 3. The second kappa shape index (κ2) is 46.3. The molecule has 0 aliphatic carbocycles. The average Bonchev–Trinajstić information content (AvgIpc) is 3.22. The summed E-state index contributed by atoms with van der Waals surface area (Å²) in [6, 6.07) is 0. The zero-order chi connectivity index (χ0) is 42.3. The van der Waals surface area contributed by atoms with Gasteiger partial charge in [-0.2, -0.15) is 0 Å². The zero-order valence-corrected chi connectivity index (χ0v) is 37.5. The maximum atomic E-state index is 12.7. The van der Waals surface area contributed by atoms with Gasteiger partial charge in [-0.3, -0.25) is 14.4 Å². The Hall–Kier alpha value is -3.41. The smallest absolute Gasteiger partial charge is 0.306 e. The highest BCUT2D eigenvalue weighted by Crippen LogP contribution is 2.14. The van der Waals surface area contributed by atoms with Crippen LogP contribution in [0.15, 0.2) is 85.1 Å². The fourth-order valence-electron chi connectivity index (χ4n) is 6.15. The summed E-state index contributed by atoms with van der Waals surface area (Å²) < 4.78 is 16.6. The Morgan fingerprint density at radius 2 is 0.672 bits per heavy atom. The van der Waals surface area contributed by atoms with Crippen LogP contribution in [0.3, 0.4) is 0 Å². The number of rotatable bonds is 41. The van der Waals surface area contributed by atoms with E-state index < -0.39 is 6.10 Å². The number of unbranched alkanes of at least 4 members (excludes halogenated alkanes) is 16. The fraction of sp³-hybridized carbons (Fsp3) is 0.673. The Labute approximate surface area is 356 Å². The number of esters is 3. The minimum atomic E-state index is -0.799. The van der Waals surface area contributed by atoms with Gasteiger partial charge >= 0.3 is 17.9 Å². The van der Waals surface area contributed by atoms with E-state index in [2.05, 4.69) is 106 Å². The highest BCUT2D eigenvalue weighted by molar-refractivity contribution is 5.71. The lowest BCUT2D eigenvalue weighted by atomic mass is 10.0. The van der Waals surface area contributed by atoms with E-state index in [-0.39, 0.29) is 31.1 Å². The second-order valence-electron chi connectivity index (χ2n) is 15.3. The van der Waals surface area contributed by atoms with Crippen LogP contribution in [0.2, 0.25) is 0 Å². The van der Waals surface area contributed by atoms with Crippen molar-refractivity contribution in [2.45, 2.75) is 213 Å². The summed E-state index contributed by atoms with van der Waals surface area (Å²) in [6.45, 7) is 6.32. The fourth-order valence-corrected chi connectivity index (χ4v) is 6.15. The van der Waals surface area contributed by atoms with Crippen molar-refractivity contribution in [1.29, 1.82) is 0 Å². The third kappa shape index (κ3) is 43.7. The van der Waals surface area contributed by atoms with Crippen LogP contribution in [-0.4, -0.2) is 37.2 Å². The van der Waals surface area contributed by atoms with Crippen LogP contribution < -0.4 is 0 Å². The molecule has 0 aromatic heterocycles. The highest BCUT2D eigenvalue weighted by atomic mass is 16.6. The molecule has 1 unspecified atom stereocenters. The molecule has 330 valence electrons. The molecular formula is C52H86O6. The van der Waals surface area contributed by atoms with Gasteiger partial charge in [0.2, 0.25) is 0 Å². The van der Waals surface area contributed by atoms with Crippen LogP contribution in [0.25, 0.3) is 0 Å². The molecule has 0 saturated carbocycles. The molecule has 0 amide bonds. The Bertz CT molecular complexity index is 1160. The first-order valence-electron chi connectivity index (χ1n) is 23.6. The standard InChI is InChI=1S/C52H86O6/c1-4-7-10-13-16-19-21-23-24-25-26-27-28-29-31-33-36-39-42-45-51(54)57-48-49(47-56-50(53)44-41-38-35-32-18-15-12-9-6-3)58-52(55)46-43-40-37-34-30-22-20-17-14-11-8-5-2/h7,9-10,12,16,18-19,23-24,26-27,29,31-32,49H,4-6,8,11,13-15,17,20-22,25,28,30,33-48H2,1-3H3/b10-7-,12-9-,19-16-,24-23-,27-26-,31-29-,32-18-. The molecule has 0 rings (SSSR count). The number of carbonyl (C=O) groups is 3. The van der Waals surface area contributed by atoms with Gasteiger partial charge in [0.05, 0.1) is 0 Å². The summed E-state index contributed by atoms with van der Waals surface area (Å²) in [5.74, 6) is -0.975. The minimum Gasteiger partial charge on any atom is -0.462 e. The van der Waals surface area contributed by atoms with E-state index >= 15 is 0 Å². The van der Waals surface area contributed by atoms with Gasteiger partial charge in [0.15, 0.2) is 6.10 Å². The molecule has 0 bridgehead atoms. The van der Waals surface area contributed by atoms with Crippen LogP contribution >= 0.6 is 0 Å². The van der Waals surface area contributed by atoms with Gasteiger partial charge in [-0.05, 0) is 89.9 Å². The van der Waals surface area contributed by atoms with Crippen molar-refractivity contribution in [3.05, 3.63) is 85.1 Å². The molecule has 1 atom stereocenters. The molecule has 6 heteroatoms. The Morgan fingerprint density at radius 1 is 0.362 bits per heavy atom. The zero-order valence-electron chi connectivity index (χ0n) is 37.5. The first-order chi connectivity index (χ1) is 28.5. The molecular weight excluding hydrogens is 721 g/mol. The van der Waals surface area contributed by atoms with Gasteiger partial charge < -0.3 is 14.2 Å². The third-order valence-electron chi connectivity index (χ3n) is 9.65. The summed E-state index contributed by atoms with van der Waals surface area (Å²) in [5.41, 5.74) is 0. The predicted octanol–water partition coefficient (Wildman–Crippen LogP) is 15.3. The molecule has 0 aliphatic rings.